The predicted octanol–water partition coefficient (Wildman–Crippen LogP) is 2.30. The normalized spacial score (nSPS) is 26.7. The Morgan fingerprint density at radius 2 is 1.78 bits per heavy atom. The van der Waals surface area contributed by atoms with Gasteiger partial charge in [-0.25, -0.2) is 13.1 Å². The van der Waals surface area contributed by atoms with Crippen molar-refractivity contribution in [2.75, 3.05) is 7.11 Å². The molecule has 2 bridgehead atoms. The van der Waals surface area contributed by atoms with Gasteiger partial charge in [0.25, 0.3) is 0 Å². The van der Waals surface area contributed by atoms with Crippen molar-refractivity contribution in [3.05, 3.63) is 23.3 Å². The highest BCUT2D eigenvalue weighted by Crippen LogP contribution is 2.31. The molecule has 2 saturated heterocycles. The van der Waals surface area contributed by atoms with Crippen LogP contribution in [-0.2, 0) is 10.0 Å². The number of aryl methyl sites for hydroxylation is 2. The fraction of sp³-hybridized carbons (Fsp3) is 0.625. The molecule has 0 spiro atoms. The molecular weight excluding hydrogens is 336 g/mol. The Morgan fingerprint density at radius 3 is 2.35 bits per heavy atom. The van der Waals surface area contributed by atoms with E-state index in [2.05, 4.69) is 10.0 Å². The molecule has 0 amide bonds. The van der Waals surface area contributed by atoms with Crippen LogP contribution in [0.15, 0.2) is 17.0 Å². The van der Waals surface area contributed by atoms with Gasteiger partial charge in [-0.2, -0.15) is 0 Å². The summed E-state index contributed by atoms with van der Waals surface area (Å²) in [6.45, 7) is 3.77. The van der Waals surface area contributed by atoms with E-state index >= 15 is 0 Å². The van der Waals surface area contributed by atoms with Crippen molar-refractivity contribution in [1.82, 2.24) is 10.0 Å². The van der Waals surface area contributed by atoms with Crippen molar-refractivity contribution in [3.63, 3.8) is 0 Å². The van der Waals surface area contributed by atoms with E-state index in [0.29, 0.717) is 17.8 Å². The van der Waals surface area contributed by atoms with E-state index < -0.39 is 10.0 Å². The fourth-order valence-electron chi connectivity index (χ4n) is 3.81. The number of ether oxygens (including phenoxy) is 1. The lowest BCUT2D eigenvalue weighted by molar-refractivity contribution is 0.344. The van der Waals surface area contributed by atoms with Crippen LogP contribution in [0, 0.1) is 13.8 Å². The van der Waals surface area contributed by atoms with Crippen molar-refractivity contribution in [2.24, 2.45) is 0 Å². The van der Waals surface area contributed by atoms with E-state index in [0.717, 1.165) is 36.8 Å². The maximum atomic E-state index is 12.8. The van der Waals surface area contributed by atoms with Crippen LogP contribution in [0.1, 0.15) is 36.8 Å². The zero-order chi connectivity index (χ0) is 15.9. The summed E-state index contributed by atoms with van der Waals surface area (Å²) in [5.74, 6) is 0.440. The number of fused-ring (bicyclic) bond motifs is 2. The highest BCUT2D eigenvalue weighted by atomic mass is 35.5. The third kappa shape index (κ3) is 3.82. The Morgan fingerprint density at radius 1 is 1.17 bits per heavy atom. The van der Waals surface area contributed by atoms with Crippen LogP contribution in [0.5, 0.6) is 5.75 Å². The first-order valence-corrected chi connectivity index (χ1v) is 9.31. The molecule has 2 unspecified atom stereocenters. The third-order valence-corrected chi connectivity index (χ3v) is 6.20. The fourth-order valence-corrected chi connectivity index (χ4v) is 5.40. The Labute approximate surface area is 144 Å². The van der Waals surface area contributed by atoms with Crippen molar-refractivity contribution < 1.29 is 13.2 Å². The average Bonchev–Trinajstić information content (AvgIpc) is 2.77. The lowest BCUT2D eigenvalue weighted by atomic mass is 10.0. The highest BCUT2D eigenvalue weighted by molar-refractivity contribution is 7.89. The smallest absolute Gasteiger partial charge is 0.244 e. The molecule has 2 fully saturated rings. The van der Waals surface area contributed by atoms with Gasteiger partial charge in [-0.05, 0) is 56.7 Å². The van der Waals surface area contributed by atoms with Gasteiger partial charge in [0.05, 0.1) is 7.11 Å². The number of methoxy groups -OCH3 is 1. The Hall–Kier alpha value is -0.820. The standard InChI is InChI=1S/C16H24N2O3S.ClH/c1-10-6-11(2)16(21-3)15(7-10)22(19,20)18-14-8-12-4-5-13(9-14)17-12;/h6-7,12-14,17-18H,4-5,8-9H2,1-3H3;1H. The van der Waals surface area contributed by atoms with Crippen LogP contribution in [0.25, 0.3) is 0 Å². The molecule has 3 rings (SSSR count). The monoisotopic (exact) mass is 360 g/mol. The molecule has 130 valence electrons. The molecule has 2 atom stereocenters. The number of piperidine rings is 1. The number of benzene rings is 1. The van der Waals surface area contributed by atoms with Crippen molar-refractivity contribution in [3.8, 4) is 5.75 Å². The molecule has 0 aromatic heterocycles. The van der Waals surface area contributed by atoms with E-state index in [1.54, 1.807) is 6.07 Å². The van der Waals surface area contributed by atoms with Gasteiger partial charge in [-0.1, -0.05) is 6.07 Å². The van der Waals surface area contributed by atoms with Gasteiger partial charge in [-0.15, -0.1) is 12.4 Å². The summed E-state index contributed by atoms with van der Waals surface area (Å²) in [6.07, 6.45) is 4.03. The second kappa shape index (κ2) is 6.97. The summed E-state index contributed by atoms with van der Waals surface area (Å²) in [5.41, 5.74) is 1.76. The predicted molar refractivity (Wildman–Crippen MR) is 93.0 cm³/mol. The largest absolute Gasteiger partial charge is 0.495 e. The maximum absolute atomic E-state index is 12.8. The summed E-state index contributed by atoms with van der Waals surface area (Å²) in [7, 11) is -2.05. The zero-order valence-corrected chi connectivity index (χ0v) is 15.4. The lowest BCUT2D eigenvalue weighted by Gasteiger charge is -2.29. The van der Waals surface area contributed by atoms with E-state index in [4.69, 9.17) is 4.74 Å². The Balaban J connectivity index is 0.00000192. The van der Waals surface area contributed by atoms with Crippen molar-refractivity contribution in [1.29, 1.82) is 0 Å². The average molecular weight is 361 g/mol. The van der Waals surface area contributed by atoms with Crippen molar-refractivity contribution in [2.45, 2.75) is 62.6 Å². The quantitative estimate of drug-likeness (QED) is 0.864. The van der Waals surface area contributed by atoms with Gasteiger partial charge < -0.3 is 10.1 Å². The molecule has 1 aromatic carbocycles. The van der Waals surface area contributed by atoms with Gasteiger partial charge in [0, 0.05) is 18.1 Å². The van der Waals surface area contributed by atoms with E-state index in [-0.39, 0.29) is 23.3 Å². The lowest BCUT2D eigenvalue weighted by Crippen LogP contribution is -2.47. The number of hydrogen-bond acceptors (Lipinski definition) is 4. The number of sulfonamides is 1. The van der Waals surface area contributed by atoms with Crippen LogP contribution in [0.4, 0.5) is 0 Å². The maximum Gasteiger partial charge on any atom is 0.244 e. The van der Waals surface area contributed by atoms with Gasteiger partial charge in [-0.3, -0.25) is 0 Å². The molecule has 2 heterocycles. The summed E-state index contributed by atoms with van der Waals surface area (Å²) >= 11 is 0. The molecule has 23 heavy (non-hydrogen) atoms. The Bertz CT molecular complexity index is 666. The van der Waals surface area contributed by atoms with Gasteiger partial charge >= 0.3 is 0 Å². The van der Waals surface area contributed by atoms with E-state index in [1.165, 1.54) is 7.11 Å². The number of rotatable bonds is 4. The summed E-state index contributed by atoms with van der Waals surface area (Å²) in [5, 5.41) is 3.53. The van der Waals surface area contributed by atoms with Crippen LogP contribution < -0.4 is 14.8 Å². The number of nitrogens with one attached hydrogen (secondary N) is 2. The minimum absolute atomic E-state index is 0. The molecule has 5 nitrogen and oxygen atoms in total. The minimum Gasteiger partial charge on any atom is -0.495 e. The zero-order valence-electron chi connectivity index (χ0n) is 13.8. The van der Waals surface area contributed by atoms with Gasteiger partial charge in [0.2, 0.25) is 10.0 Å². The first-order valence-electron chi connectivity index (χ1n) is 7.82. The minimum atomic E-state index is -3.57. The molecular formula is C16H25ClN2O3S. The van der Waals surface area contributed by atoms with E-state index in [9.17, 15) is 8.42 Å². The number of halogens is 1. The first kappa shape index (κ1) is 18.5. The molecule has 0 aliphatic carbocycles. The molecule has 1 aromatic rings. The number of hydrogen-bond donors (Lipinski definition) is 2. The third-order valence-electron chi connectivity index (χ3n) is 4.67. The molecule has 0 radical (unpaired) electrons. The second-order valence-electron chi connectivity index (χ2n) is 6.54. The molecule has 7 heteroatoms. The SMILES string of the molecule is COc1c(C)cc(C)cc1S(=O)(=O)NC1CC2CCC(C1)N2.Cl. The van der Waals surface area contributed by atoms with Gasteiger partial charge in [0.15, 0.2) is 0 Å². The topological polar surface area (TPSA) is 67.4 Å². The van der Waals surface area contributed by atoms with Crippen LogP contribution in [0.3, 0.4) is 0 Å². The molecule has 2 N–H and O–H groups in total. The van der Waals surface area contributed by atoms with Crippen molar-refractivity contribution >= 4 is 22.4 Å². The summed E-state index contributed by atoms with van der Waals surface area (Å²) in [6, 6.07) is 4.53. The van der Waals surface area contributed by atoms with Crippen LogP contribution in [0.2, 0.25) is 0 Å². The second-order valence-corrected chi connectivity index (χ2v) is 8.22. The Kier molecular flexibility index (Phi) is 5.61. The molecule has 0 saturated carbocycles. The molecule has 2 aliphatic heterocycles. The van der Waals surface area contributed by atoms with Crippen LogP contribution in [-0.4, -0.2) is 33.7 Å². The van der Waals surface area contributed by atoms with Crippen LogP contribution >= 0.6 is 12.4 Å². The van der Waals surface area contributed by atoms with Gasteiger partial charge in [0.1, 0.15) is 10.6 Å². The molecule has 2 aliphatic rings. The van der Waals surface area contributed by atoms with E-state index in [1.807, 2.05) is 19.9 Å². The first-order chi connectivity index (χ1) is 10.4. The highest BCUT2D eigenvalue weighted by Gasteiger charge is 2.36. The summed E-state index contributed by atoms with van der Waals surface area (Å²) < 4.78 is 33.8. The summed E-state index contributed by atoms with van der Waals surface area (Å²) in [4.78, 5) is 0.248.